The van der Waals surface area contributed by atoms with Gasteiger partial charge in [0.25, 0.3) is 5.91 Å². The van der Waals surface area contributed by atoms with Crippen molar-refractivity contribution in [1.29, 1.82) is 0 Å². The van der Waals surface area contributed by atoms with Crippen molar-refractivity contribution in [3.05, 3.63) is 47.8 Å². The van der Waals surface area contributed by atoms with Crippen LogP contribution in [0.15, 0.2) is 36.7 Å². The highest BCUT2D eigenvalue weighted by atomic mass is 35.5. The van der Waals surface area contributed by atoms with Crippen molar-refractivity contribution in [2.24, 2.45) is 13.0 Å². The summed E-state index contributed by atoms with van der Waals surface area (Å²) in [6, 6.07) is 7.28. The van der Waals surface area contributed by atoms with Crippen LogP contribution >= 0.6 is 12.4 Å². The third-order valence-corrected chi connectivity index (χ3v) is 6.00. The quantitative estimate of drug-likeness (QED) is 0.780. The Labute approximate surface area is 183 Å². The molecule has 0 radical (unpaired) electrons. The largest absolute Gasteiger partial charge is 0.339 e. The van der Waals surface area contributed by atoms with Crippen LogP contribution in [0.4, 0.5) is 5.69 Å². The normalized spacial score (nSPS) is 21.6. The Kier molecular flexibility index (Phi) is 7.50. The SMILES string of the molecule is Cl.Cn1cc([C@H]2CNC[C@@H]2C(=O)Nc2ccc(C(=O)N3CCCCCC3)cc2)cn1. The lowest BCUT2D eigenvalue weighted by Crippen LogP contribution is -2.31. The van der Waals surface area contributed by atoms with Gasteiger partial charge in [0, 0.05) is 56.6 Å². The van der Waals surface area contributed by atoms with Crippen molar-refractivity contribution in [2.45, 2.75) is 31.6 Å². The first-order chi connectivity index (χ1) is 14.1. The Morgan fingerprint density at radius 3 is 2.40 bits per heavy atom. The molecule has 2 aliphatic rings. The van der Waals surface area contributed by atoms with Gasteiger partial charge < -0.3 is 15.5 Å². The third kappa shape index (κ3) is 5.02. The summed E-state index contributed by atoms with van der Waals surface area (Å²) in [6.45, 7) is 3.09. The number of rotatable bonds is 4. The number of likely N-dealkylation sites (tertiary alicyclic amines) is 1. The molecule has 0 unspecified atom stereocenters. The fraction of sp³-hybridized carbons (Fsp3) is 0.500. The zero-order valence-corrected chi connectivity index (χ0v) is 18.2. The number of carbonyl (C=O) groups is 2. The second-order valence-electron chi connectivity index (χ2n) is 8.09. The van der Waals surface area contributed by atoms with Gasteiger partial charge in [-0.3, -0.25) is 14.3 Å². The van der Waals surface area contributed by atoms with Gasteiger partial charge in [-0.15, -0.1) is 12.4 Å². The molecule has 7 nitrogen and oxygen atoms in total. The first kappa shape index (κ1) is 22.3. The monoisotopic (exact) mass is 431 g/mol. The van der Waals surface area contributed by atoms with E-state index >= 15 is 0 Å². The third-order valence-electron chi connectivity index (χ3n) is 6.00. The van der Waals surface area contributed by atoms with Crippen molar-refractivity contribution in [1.82, 2.24) is 20.0 Å². The molecular weight excluding hydrogens is 402 g/mol. The summed E-state index contributed by atoms with van der Waals surface area (Å²) in [5, 5.41) is 10.6. The molecule has 1 aromatic carbocycles. The fourth-order valence-electron chi connectivity index (χ4n) is 4.32. The molecular formula is C22H30ClN5O2. The predicted octanol–water partition coefficient (Wildman–Crippen LogP) is 2.80. The van der Waals surface area contributed by atoms with E-state index in [2.05, 4.69) is 15.7 Å². The molecule has 8 heteroatoms. The number of aryl methyl sites for hydroxylation is 1. The molecule has 2 aromatic rings. The van der Waals surface area contributed by atoms with Crippen molar-refractivity contribution in [3.8, 4) is 0 Å². The molecule has 0 aliphatic carbocycles. The van der Waals surface area contributed by atoms with Gasteiger partial charge in [0.2, 0.25) is 5.91 Å². The van der Waals surface area contributed by atoms with Crippen LogP contribution < -0.4 is 10.6 Å². The van der Waals surface area contributed by atoms with Gasteiger partial charge in [-0.25, -0.2) is 0 Å². The number of halogens is 1. The second-order valence-corrected chi connectivity index (χ2v) is 8.09. The summed E-state index contributed by atoms with van der Waals surface area (Å²) >= 11 is 0. The Morgan fingerprint density at radius 1 is 1.07 bits per heavy atom. The van der Waals surface area contributed by atoms with Gasteiger partial charge in [0.05, 0.1) is 12.1 Å². The van der Waals surface area contributed by atoms with E-state index in [1.807, 2.05) is 48.6 Å². The van der Waals surface area contributed by atoms with Crippen LogP contribution in [0.3, 0.4) is 0 Å². The van der Waals surface area contributed by atoms with Crippen molar-refractivity contribution in [3.63, 3.8) is 0 Å². The Bertz CT molecular complexity index is 859. The maximum atomic E-state index is 12.9. The van der Waals surface area contributed by atoms with Crippen molar-refractivity contribution >= 4 is 29.9 Å². The number of carbonyl (C=O) groups excluding carboxylic acids is 2. The Hall–Kier alpha value is -2.38. The molecule has 0 saturated carbocycles. The van der Waals surface area contributed by atoms with E-state index in [4.69, 9.17) is 0 Å². The number of benzene rings is 1. The molecule has 2 atom stereocenters. The van der Waals surface area contributed by atoms with E-state index in [1.165, 1.54) is 12.8 Å². The number of anilines is 1. The lowest BCUT2D eigenvalue weighted by atomic mass is 9.90. The van der Waals surface area contributed by atoms with Gasteiger partial charge in [0.15, 0.2) is 0 Å². The van der Waals surface area contributed by atoms with Gasteiger partial charge in [-0.1, -0.05) is 12.8 Å². The lowest BCUT2D eigenvalue weighted by molar-refractivity contribution is -0.119. The van der Waals surface area contributed by atoms with Crippen LogP contribution in [0.5, 0.6) is 0 Å². The number of nitrogens with zero attached hydrogens (tertiary/aromatic N) is 3. The highest BCUT2D eigenvalue weighted by molar-refractivity contribution is 5.96. The number of hydrogen-bond acceptors (Lipinski definition) is 4. The highest BCUT2D eigenvalue weighted by Crippen LogP contribution is 2.29. The number of hydrogen-bond donors (Lipinski definition) is 2. The van der Waals surface area contributed by atoms with Gasteiger partial charge in [0.1, 0.15) is 0 Å². The van der Waals surface area contributed by atoms with Gasteiger partial charge in [-0.05, 0) is 42.7 Å². The van der Waals surface area contributed by atoms with E-state index in [-0.39, 0.29) is 36.1 Å². The van der Waals surface area contributed by atoms with Gasteiger partial charge in [-0.2, -0.15) is 5.10 Å². The molecule has 0 spiro atoms. The molecule has 3 heterocycles. The Morgan fingerprint density at radius 2 is 1.77 bits per heavy atom. The molecule has 2 N–H and O–H groups in total. The summed E-state index contributed by atoms with van der Waals surface area (Å²) in [4.78, 5) is 27.5. The zero-order chi connectivity index (χ0) is 20.2. The number of aromatic nitrogens is 2. The lowest BCUT2D eigenvalue weighted by Gasteiger charge is -2.20. The summed E-state index contributed by atoms with van der Waals surface area (Å²) in [5.41, 5.74) is 2.48. The van der Waals surface area contributed by atoms with Crippen LogP contribution in [0.2, 0.25) is 0 Å². The summed E-state index contributed by atoms with van der Waals surface area (Å²) < 4.78 is 1.77. The first-order valence-corrected chi connectivity index (χ1v) is 10.5. The van der Waals surface area contributed by atoms with E-state index in [9.17, 15) is 9.59 Å². The van der Waals surface area contributed by atoms with E-state index in [0.717, 1.165) is 43.7 Å². The summed E-state index contributed by atoms with van der Waals surface area (Å²) in [5.74, 6) is 0.0575. The van der Waals surface area contributed by atoms with Crippen LogP contribution in [0, 0.1) is 5.92 Å². The van der Waals surface area contributed by atoms with Crippen LogP contribution in [-0.2, 0) is 11.8 Å². The molecule has 30 heavy (non-hydrogen) atoms. The van der Waals surface area contributed by atoms with Crippen molar-refractivity contribution < 1.29 is 9.59 Å². The standard InChI is InChI=1S/C22H29N5O2.ClH/c1-26-15-17(12-24-26)19-13-23-14-20(19)21(28)25-18-8-6-16(7-9-18)22(29)27-10-4-2-3-5-11-27;/h6-9,12,15,19-20,23H,2-5,10-11,13-14H2,1H3,(H,25,28);1H/t19-,20+;/m1./s1. The van der Waals surface area contributed by atoms with Crippen molar-refractivity contribution in [2.75, 3.05) is 31.5 Å². The predicted molar refractivity (Wildman–Crippen MR) is 119 cm³/mol. The topological polar surface area (TPSA) is 79.3 Å². The molecule has 2 fully saturated rings. The van der Waals surface area contributed by atoms with E-state index in [0.29, 0.717) is 12.1 Å². The first-order valence-electron chi connectivity index (χ1n) is 10.5. The van der Waals surface area contributed by atoms with Gasteiger partial charge >= 0.3 is 0 Å². The molecule has 1 aromatic heterocycles. The van der Waals surface area contributed by atoms with E-state index < -0.39 is 0 Å². The smallest absolute Gasteiger partial charge is 0.253 e. The van der Waals surface area contributed by atoms with Crippen LogP contribution in [-0.4, -0.2) is 52.7 Å². The Balaban J connectivity index is 0.00000256. The minimum atomic E-state index is -0.141. The second kappa shape index (κ2) is 10.1. The summed E-state index contributed by atoms with van der Waals surface area (Å²) in [6.07, 6.45) is 8.36. The molecule has 2 amide bonds. The molecule has 0 bridgehead atoms. The summed E-state index contributed by atoms with van der Waals surface area (Å²) in [7, 11) is 1.88. The maximum absolute atomic E-state index is 12.9. The molecule has 162 valence electrons. The zero-order valence-electron chi connectivity index (χ0n) is 17.3. The minimum absolute atomic E-state index is 0. The number of amides is 2. The molecule has 2 saturated heterocycles. The minimum Gasteiger partial charge on any atom is -0.339 e. The maximum Gasteiger partial charge on any atom is 0.253 e. The number of nitrogens with one attached hydrogen (secondary N) is 2. The average molecular weight is 432 g/mol. The van der Waals surface area contributed by atoms with Crippen LogP contribution in [0.1, 0.15) is 47.5 Å². The van der Waals surface area contributed by atoms with E-state index in [1.54, 1.807) is 4.68 Å². The fourth-order valence-corrected chi connectivity index (χ4v) is 4.32. The molecule has 2 aliphatic heterocycles. The highest BCUT2D eigenvalue weighted by Gasteiger charge is 2.34. The molecule has 4 rings (SSSR count). The average Bonchev–Trinajstić information content (AvgIpc) is 3.29. The van der Waals surface area contributed by atoms with Crippen LogP contribution in [0.25, 0.3) is 0 Å².